The van der Waals surface area contributed by atoms with Gasteiger partial charge in [0.15, 0.2) is 0 Å². The predicted molar refractivity (Wildman–Crippen MR) is 92.4 cm³/mol. The number of nitrogens with zero attached hydrogens (tertiary/aromatic N) is 2. The molecule has 0 N–H and O–H groups in total. The number of halogens is 1. The molecule has 0 atom stereocenters. The number of morpholine rings is 1. The minimum atomic E-state index is -4.01. The highest BCUT2D eigenvalue weighted by Crippen LogP contribution is 2.22. The summed E-state index contributed by atoms with van der Waals surface area (Å²) < 4.78 is 45.9. The number of sulfonamides is 1. The van der Waals surface area contributed by atoms with Crippen LogP contribution in [0, 0.1) is 5.82 Å². The Morgan fingerprint density at radius 1 is 1.36 bits per heavy atom. The van der Waals surface area contributed by atoms with E-state index in [1.54, 1.807) is 6.92 Å². The maximum absolute atomic E-state index is 14.2. The van der Waals surface area contributed by atoms with Gasteiger partial charge in [-0.3, -0.25) is 4.79 Å². The zero-order valence-electron chi connectivity index (χ0n) is 14.5. The third-order valence-electron chi connectivity index (χ3n) is 3.90. The lowest BCUT2D eigenvalue weighted by molar-refractivity contribution is 0.0729. The van der Waals surface area contributed by atoms with E-state index in [1.165, 1.54) is 15.3 Å². The standard InChI is InChI=1S/C17H23FN2O4S/c1-4-19(12-13(2)3)17(21)14-5-6-15(18)16(11-14)25(22,23)20-7-9-24-10-8-20/h5-6,11H,2,4,7-10,12H2,1,3H3. The van der Waals surface area contributed by atoms with E-state index < -0.39 is 20.7 Å². The number of hydrogen-bond donors (Lipinski definition) is 0. The fraction of sp³-hybridized carbons (Fsp3) is 0.471. The highest BCUT2D eigenvalue weighted by atomic mass is 32.2. The van der Waals surface area contributed by atoms with Gasteiger partial charge < -0.3 is 9.64 Å². The molecule has 1 aromatic carbocycles. The van der Waals surface area contributed by atoms with Crippen molar-refractivity contribution in [3.8, 4) is 0 Å². The predicted octanol–water partition coefficient (Wildman–Crippen LogP) is 1.88. The van der Waals surface area contributed by atoms with Crippen LogP contribution in [-0.2, 0) is 14.8 Å². The molecular formula is C17H23FN2O4S. The summed E-state index contributed by atoms with van der Waals surface area (Å²) >= 11 is 0. The van der Waals surface area contributed by atoms with Crippen molar-refractivity contribution in [2.24, 2.45) is 0 Å². The lowest BCUT2D eigenvalue weighted by Crippen LogP contribution is -2.41. The van der Waals surface area contributed by atoms with Crippen molar-refractivity contribution in [2.75, 3.05) is 39.4 Å². The summed E-state index contributed by atoms with van der Waals surface area (Å²) in [5, 5.41) is 0. The molecule has 2 rings (SSSR count). The van der Waals surface area contributed by atoms with Gasteiger partial charge in [-0.1, -0.05) is 12.2 Å². The minimum absolute atomic E-state index is 0.135. The lowest BCUT2D eigenvalue weighted by atomic mass is 10.2. The van der Waals surface area contributed by atoms with Gasteiger partial charge in [0.1, 0.15) is 10.7 Å². The molecule has 1 amide bonds. The maximum Gasteiger partial charge on any atom is 0.254 e. The molecule has 138 valence electrons. The number of carbonyl (C=O) groups excluding carboxylic acids is 1. The second-order valence-corrected chi connectivity index (χ2v) is 7.84. The first kappa shape index (κ1) is 19.6. The van der Waals surface area contributed by atoms with Gasteiger partial charge in [-0.05, 0) is 32.0 Å². The van der Waals surface area contributed by atoms with Crippen molar-refractivity contribution >= 4 is 15.9 Å². The fourth-order valence-corrected chi connectivity index (χ4v) is 4.09. The smallest absolute Gasteiger partial charge is 0.254 e. The minimum Gasteiger partial charge on any atom is -0.379 e. The van der Waals surface area contributed by atoms with Gasteiger partial charge in [-0.2, -0.15) is 4.31 Å². The third-order valence-corrected chi connectivity index (χ3v) is 5.81. The van der Waals surface area contributed by atoms with Crippen molar-refractivity contribution in [3.05, 3.63) is 41.7 Å². The second kappa shape index (κ2) is 8.07. The van der Waals surface area contributed by atoms with Crippen LogP contribution in [0.1, 0.15) is 24.2 Å². The molecule has 8 heteroatoms. The number of ether oxygens (including phenoxy) is 1. The van der Waals surface area contributed by atoms with Gasteiger partial charge in [0.2, 0.25) is 10.0 Å². The number of rotatable bonds is 6. The Morgan fingerprint density at radius 3 is 2.56 bits per heavy atom. The molecule has 0 aromatic heterocycles. The monoisotopic (exact) mass is 370 g/mol. The van der Waals surface area contributed by atoms with Crippen LogP contribution in [0.2, 0.25) is 0 Å². The van der Waals surface area contributed by atoms with E-state index in [1.807, 2.05) is 6.92 Å². The summed E-state index contributed by atoms with van der Waals surface area (Å²) in [5.74, 6) is -1.23. The van der Waals surface area contributed by atoms with E-state index in [-0.39, 0.29) is 37.8 Å². The molecule has 0 saturated carbocycles. The summed E-state index contributed by atoms with van der Waals surface area (Å²) in [7, 11) is -4.01. The average Bonchev–Trinajstić information content (AvgIpc) is 2.60. The summed E-state index contributed by atoms with van der Waals surface area (Å²) in [5.41, 5.74) is 0.940. The van der Waals surface area contributed by atoms with Gasteiger partial charge in [0, 0.05) is 31.7 Å². The molecular weight excluding hydrogens is 347 g/mol. The largest absolute Gasteiger partial charge is 0.379 e. The topological polar surface area (TPSA) is 66.9 Å². The molecule has 1 aliphatic heterocycles. The molecule has 0 radical (unpaired) electrons. The Bertz CT molecular complexity index is 758. The van der Waals surface area contributed by atoms with E-state index >= 15 is 0 Å². The van der Waals surface area contributed by atoms with Crippen molar-refractivity contribution in [1.29, 1.82) is 0 Å². The first-order chi connectivity index (χ1) is 11.8. The van der Waals surface area contributed by atoms with Crippen LogP contribution in [-0.4, -0.2) is 62.9 Å². The van der Waals surface area contributed by atoms with Gasteiger partial charge in [0.05, 0.1) is 13.2 Å². The quantitative estimate of drug-likeness (QED) is 0.717. The first-order valence-electron chi connectivity index (χ1n) is 8.08. The van der Waals surface area contributed by atoms with Crippen LogP contribution in [0.3, 0.4) is 0 Å². The number of amides is 1. The molecule has 0 unspecified atom stereocenters. The number of hydrogen-bond acceptors (Lipinski definition) is 4. The van der Waals surface area contributed by atoms with E-state index in [2.05, 4.69) is 6.58 Å². The molecule has 6 nitrogen and oxygen atoms in total. The van der Waals surface area contributed by atoms with Crippen LogP contribution in [0.5, 0.6) is 0 Å². The van der Waals surface area contributed by atoms with Crippen molar-refractivity contribution < 1.29 is 22.3 Å². The zero-order chi connectivity index (χ0) is 18.6. The fourth-order valence-electron chi connectivity index (χ4n) is 2.60. The molecule has 1 saturated heterocycles. The van der Waals surface area contributed by atoms with Crippen molar-refractivity contribution in [1.82, 2.24) is 9.21 Å². The van der Waals surface area contributed by atoms with Gasteiger partial charge in [-0.25, -0.2) is 12.8 Å². The SMILES string of the molecule is C=C(C)CN(CC)C(=O)c1ccc(F)c(S(=O)(=O)N2CCOCC2)c1. The van der Waals surface area contributed by atoms with Crippen LogP contribution >= 0.6 is 0 Å². The number of benzene rings is 1. The molecule has 1 fully saturated rings. The third kappa shape index (κ3) is 4.45. The second-order valence-electron chi connectivity index (χ2n) is 5.94. The van der Waals surface area contributed by atoms with Crippen molar-refractivity contribution in [3.63, 3.8) is 0 Å². The number of likely N-dealkylation sites (N-methyl/N-ethyl adjacent to an activating group) is 1. The number of carbonyl (C=O) groups is 1. The summed E-state index contributed by atoms with van der Waals surface area (Å²) in [6.45, 7) is 9.05. The molecule has 0 spiro atoms. The molecule has 1 aliphatic rings. The van der Waals surface area contributed by atoms with Gasteiger partial charge >= 0.3 is 0 Å². The zero-order valence-corrected chi connectivity index (χ0v) is 15.3. The van der Waals surface area contributed by atoms with E-state index in [0.29, 0.717) is 13.1 Å². The molecule has 25 heavy (non-hydrogen) atoms. The summed E-state index contributed by atoms with van der Waals surface area (Å²) in [6.07, 6.45) is 0. The van der Waals surface area contributed by atoms with Crippen LogP contribution in [0.25, 0.3) is 0 Å². The highest BCUT2D eigenvalue weighted by Gasteiger charge is 2.30. The normalized spacial score (nSPS) is 15.8. The van der Waals surface area contributed by atoms with Gasteiger partial charge in [0.25, 0.3) is 5.91 Å². The summed E-state index contributed by atoms with van der Waals surface area (Å²) in [6, 6.07) is 3.44. The molecule has 1 heterocycles. The Labute approximate surface area is 147 Å². The average molecular weight is 370 g/mol. The first-order valence-corrected chi connectivity index (χ1v) is 9.52. The van der Waals surface area contributed by atoms with E-state index in [0.717, 1.165) is 17.7 Å². The summed E-state index contributed by atoms with van der Waals surface area (Å²) in [4.78, 5) is 13.7. The van der Waals surface area contributed by atoms with E-state index in [9.17, 15) is 17.6 Å². The van der Waals surface area contributed by atoms with Crippen molar-refractivity contribution in [2.45, 2.75) is 18.7 Å². The molecule has 0 bridgehead atoms. The Balaban J connectivity index is 2.36. The molecule has 1 aromatic rings. The van der Waals surface area contributed by atoms with E-state index in [4.69, 9.17) is 4.74 Å². The van der Waals surface area contributed by atoms with Crippen LogP contribution in [0.15, 0.2) is 35.2 Å². The van der Waals surface area contributed by atoms with Crippen LogP contribution < -0.4 is 0 Å². The Hall–Kier alpha value is -1.77. The highest BCUT2D eigenvalue weighted by molar-refractivity contribution is 7.89. The van der Waals surface area contributed by atoms with Gasteiger partial charge in [-0.15, -0.1) is 0 Å². The lowest BCUT2D eigenvalue weighted by Gasteiger charge is -2.26. The Morgan fingerprint density at radius 2 is 2.00 bits per heavy atom. The van der Waals surface area contributed by atoms with Crippen LogP contribution in [0.4, 0.5) is 4.39 Å². The maximum atomic E-state index is 14.2. The Kier molecular flexibility index (Phi) is 6.31. The molecule has 0 aliphatic carbocycles.